The molecular weight excluding hydrogens is 400 g/mol. The minimum atomic E-state index is 0.332. The molecule has 2 aromatic rings. The van der Waals surface area contributed by atoms with Crippen LogP contribution in [0.5, 0.6) is 0 Å². The molecule has 0 aromatic carbocycles. The third kappa shape index (κ3) is 4.38. The van der Waals surface area contributed by atoms with Crippen molar-refractivity contribution in [1.29, 1.82) is 0 Å². The van der Waals surface area contributed by atoms with Gasteiger partial charge in [0.25, 0.3) is 0 Å². The summed E-state index contributed by atoms with van der Waals surface area (Å²) in [5.74, 6) is 0. The molecule has 1 unspecified atom stereocenters. The largest absolute Gasteiger partial charge is 0.309 e. The Hall–Kier alpha value is -0.230. The summed E-state index contributed by atoms with van der Waals surface area (Å²) < 4.78 is 2.24. The molecule has 0 saturated carbocycles. The Morgan fingerprint density at radius 3 is 2.70 bits per heavy atom. The van der Waals surface area contributed by atoms with Crippen molar-refractivity contribution >= 4 is 43.2 Å². The van der Waals surface area contributed by atoms with Crippen LogP contribution in [0.25, 0.3) is 0 Å². The van der Waals surface area contributed by atoms with E-state index in [0.717, 1.165) is 29.6 Å². The summed E-state index contributed by atoms with van der Waals surface area (Å²) in [7, 11) is 0. The Labute approximate surface area is 141 Å². The topological polar surface area (TPSA) is 24.9 Å². The molecule has 0 saturated heterocycles. The van der Waals surface area contributed by atoms with Crippen molar-refractivity contribution in [2.24, 2.45) is 0 Å². The van der Waals surface area contributed by atoms with E-state index in [4.69, 9.17) is 0 Å². The van der Waals surface area contributed by atoms with Gasteiger partial charge in [-0.05, 0) is 75.5 Å². The highest BCUT2D eigenvalue weighted by molar-refractivity contribution is 9.11. The average Bonchev–Trinajstić information content (AvgIpc) is 2.77. The molecule has 2 rings (SSSR count). The van der Waals surface area contributed by atoms with Crippen molar-refractivity contribution in [2.45, 2.75) is 32.7 Å². The summed E-state index contributed by atoms with van der Waals surface area (Å²) in [6.45, 7) is 5.35. The van der Waals surface area contributed by atoms with Crippen molar-refractivity contribution in [3.63, 3.8) is 0 Å². The zero-order chi connectivity index (χ0) is 14.5. The van der Waals surface area contributed by atoms with Crippen LogP contribution in [0.2, 0.25) is 0 Å². The molecule has 0 aliphatic carbocycles. The van der Waals surface area contributed by atoms with Crippen LogP contribution in [-0.2, 0) is 6.42 Å². The quantitative estimate of drug-likeness (QED) is 0.693. The highest BCUT2D eigenvalue weighted by Gasteiger charge is 2.16. The monoisotopic (exact) mass is 416 g/mol. The third-order valence-electron chi connectivity index (χ3n) is 3.06. The number of halogens is 2. The van der Waals surface area contributed by atoms with Crippen molar-refractivity contribution in [2.75, 3.05) is 6.54 Å². The number of aromatic nitrogens is 1. The molecule has 0 radical (unpaired) electrons. The van der Waals surface area contributed by atoms with E-state index in [0.29, 0.717) is 6.04 Å². The van der Waals surface area contributed by atoms with Gasteiger partial charge in [-0.2, -0.15) is 0 Å². The lowest BCUT2D eigenvalue weighted by Crippen LogP contribution is -2.23. The van der Waals surface area contributed by atoms with E-state index < -0.39 is 0 Å². The van der Waals surface area contributed by atoms with Crippen molar-refractivity contribution in [1.82, 2.24) is 10.3 Å². The number of thiophene rings is 1. The summed E-state index contributed by atoms with van der Waals surface area (Å²) in [4.78, 5) is 5.86. The van der Waals surface area contributed by atoms with Crippen LogP contribution < -0.4 is 5.32 Å². The maximum absolute atomic E-state index is 4.49. The first kappa shape index (κ1) is 16.1. The maximum atomic E-state index is 4.49. The second kappa shape index (κ2) is 7.69. The highest BCUT2D eigenvalue weighted by atomic mass is 79.9. The van der Waals surface area contributed by atoms with Gasteiger partial charge in [-0.25, -0.2) is 0 Å². The van der Waals surface area contributed by atoms with E-state index >= 15 is 0 Å². The Balaban J connectivity index is 2.16. The molecule has 108 valence electrons. The Morgan fingerprint density at radius 1 is 1.35 bits per heavy atom. The van der Waals surface area contributed by atoms with E-state index in [9.17, 15) is 0 Å². The molecule has 20 heavy (non-hydrogen) atoms. The van der Waals surface area contributed by atoms with Gasteiger partial charge in [-0.3, -0.25) is 4.98 Å². The fraction of sp³-hybridized carbons (Fsp3) is 0.400. The number of nitrogens with zero attached hydrogens (tertiary/aromatic N) is 1. The molecule has 2 aromatic heterocycles. The zero-order valence-corrected chi connectivity index (χ0v) is 15.6. The summed E-state index contributed by atoms with van der Waals surface area (Å²) in [5, 5.41) is 3.63. The summed E-state index contributed by atoms with van der Waals surface area (Å²) in [5.41, 5.74) is 2.42. The van der Waals surface area contributed by atoms with E-state index in [2.05, 4.69) is 74.2 Å². The van der Waals surface area contributed by atoms with Gasteiger partial charge in [0.15, 0.2) is 0 Å². The highest BCUT2D eigenvalue weighted by Crippen LogP contribution is 2.32. The maximum Gasteiger partial charge on any atom is 0.0731 e. The number of pyridine rings is 1. The number of rotatable bonds is 6. The van der Waals surface area contributed by atoms with E-state index in [1.165, 1.54) is 14.2 Å². The van der Waals surface area contributed by atoms with Gasteiger partial charge in [0.05, 0.1) is 3.79 Å². The van der Waals surface area contributed by atoms with Gasteiger partial charge in [0.1, 0.15) is 0 Å². The lowest BCUT2D eigenvalue weighted by molar-refractivity contribution is 0.531. The van der Waals surface area contributed by atoms with Gasteiger partial charge < -0.3 is 5.32 Å². The van der Waals surface area contributed by atoms with E-state index in [1.807, 2.05) is 17.5 Å². The first-order chi connectivity index (χ1) is 9.60. The molecule has 0 bridgehead atoms. The smallest absolute Gasteiger partial charge is 0.0731 e. The minimum absolute atomic E-state index is 0.332. The molecule has 0 spiro atoms. The molecule has 5 heteroatoms. The summed E-state index contributed by atoms with van der Waals surface area (Å²) in [6.07, 6.45) is 3.91. The Morgan fingerprint density at radius 2 is 2.15 bits per heavy atom. The second-order valence-corrected chi connectivity index (χ2v) is 8.10. The molecule has 0 aliphatic rings. The number of hydrogen-bond acceptors (Lipinski definition) is 3. The van der Waals surface area contributed by atoms with Crippen LogP contribution in [0, 0.1) is 6.92 Å². The van der Waals surface area contributed by atoms with Gasteiger partial charge in [-0.15, -0.1) is 11.3 Å². The molecule has 1 atom stereocenters. The standard InChI is InChI=1S/C15H18Br2N2S/c1-3-6-18-13(14-7-10(2)15(17)20-14)8-12-5-4-11(16)9-19-12/h4-5,7,9,13,18H,3,6,8H2,1-2H3. The lowest BCUT2D eigenvalue weighted by Gasteiger charge is -2.16. The van der Waals surface area contributed by atoms with E-state index in [1.54, 1.807) is 0 Å². The van der Waals surface area contributed by atoms with Gasteiger partial charge in [0, 0.05) is 33.7 Å². The minimum Gasteiger partial charge on any atom is -0.309 e. The number of nitrogens with one attached hydrogen (secondary N) is 1. The summed E-state index contributed by atoms with van der Waals surface area (Å²) in [6, 6.07) is 6.73. The first-order valence-corrected chi connectivity index (χ1v) is 9.10. The van der Waals surface area contributed by atoms with E-state index in [-0.39, 0.29) is 0 Å². The van der Waals surface area contributed by atoms with Gasteiger partial charge in [0.2, 0.25) is 0 Å². The van der Waals surface area contributed by atoms with Crippen molar-refractivity contribution in [3.8, 4) is 0 Å². The molecule has 2 heterocycles. The SMILES string of the molecule is CCCNC(Cc1ccc(Br)cn1)c1cc(C)c(Br)s1. The fourth-order valence-corrected chi connectivity index (χ4v) is 3.86. The van der Waals surface area contributed by atoms with Crippen LogP contribution in [-0.4, -0.2) is 11.5 Å². The fourth-order valence-electron chi connectivity index (χ4n) is 1.98. The van der Waals surface area contributed by atoms with Gasteiger partial charge >= 0.3 is 0 Å². The molecule has 1 N–H and O–H groups in total. The van der Waals surface area contributed by atoms with Crippen LogP contribution in [0.15, 0.2) is 32.7 Å². The average molecular weight is 418 g/mol. The first-order valence-electron chi connectivity index (χ1n) is 6.69. The van der Waals surface area contributed by atoms with Crippen LogP contribution in [0.1, 0.15) is 35.5 Å². The predicted octanol–water partition coefficient (Wildman–Crippen LogP) is 5.26. The Bertz CT molecular complexity index is 532. The number of aryl methyl sites for hydroxylation is 1. The van der Waals surface area contributed by atoms with Gasteiger partial charge in [-0.1, -0.05) is 6.92 Å². The Kier molecular flexibility index (Phi) is 6.20. The zero-order valence-electron chi connectivity index (χ0n) is 11.6. The third-order valence-corrected chi connectivity index (χ3v) is 5.78. The van der Waals surface area contributed by atoms with Crippen LogP contribution >= 0.6 is 43.2 Å². The second-order valence-electron chi connectivity index (χ2n) is 4.78. The number of hydrogen-bond donors (Lipinski definition) is 1. The lowest BCUT2D eigenvalue weighted by atomic mass is 10.1. The molecule has 0 amide bonds. The molecule has 2 nitrogen and oxygen atoms in total. The predicted molar refractivity (Wildman–Crippen MR) is 93.4 cm³/mol. The molecule has 0 aliphatic heterocycles. The van der Waals surface area contributed by atoms with Crippen molar-refractivity contribution < 1.29 is 0 Å². The van der Waals surface area contributed by atoms with Crippen LogP contribution in [0.3, 0.4) is 0 Å². The van der Waals surface area contributed by atoms with Crippen molar-refractivity contribution in [3.05, 3.63) is 48.8 Å². The molecular formula is C15H18Br2N2S. The molecule has 0 fully saturated rings. The summed E-state index contributed by atoms with van der Waals surface area (Å²) >= 11 is 8.86. The van der Waals surface area contributed by atoms with Crippen LogP contribution in [0.4, 0.5) is 0 Å². The normalized spacial score (nSPS) is 12.6.